The van der Waals surface area contributed by atoms with Gasteiger partial charge < -0.3 is 19.9 Å². The maximum absolute atomic E-state index is 9.83. The fraction of sp³-hybridized carbons (Fsp3) is 1.00. The number of rotatable bonds is 10. The van der Waals surface area contributed by atoms with Crippen LogP contribution in [0, 0.1) is 5.92 Å². The fourth-order valence-corrected chi connectivity index (χ4v) is 2.37. The first kappa shape index (κ1) is 14.9. The first-order chi connectivity index (χ1) is 8.33. The summed E-state index contributed by atoms with van der Waals surface area (Å²) in [5.41, 5.74) is 0. The highest BCUT2D eigenvalue weighted by molar-refractivity contribution is 4.72. The average molecular weight is 245 g/mol. The molecule has 0 saturated heterocycles. The molecular formula is C13H27NO3. The molecule has 1 rings (SSSR count). The Balaban J connectivity index is 1.84. The van der Waals surface area contributed by atoms with Crippen LogP contribution in [0.4, 0.5) is 0 Å². The number of methoxy groups -OCH3 is 1. The van der Waals surface area contributed by atoms with Crippen molar-refractivity contribution in [2.75, 3.05) is 40.0 Å². The van der Waals surface area contributed by atoms with E-state index in [1.165, 1.54) is 25.7 Å². The molecule has 0 amide bonds. The van der Waals surface area contributed by atoms with Crippen LogP contribution in [0.25, 0.3) is 0 Å². The normalized spacial score (nSPS) is 18.7. The maximum atomic E-state index is 9.83. The fourth-order valence-electron chi connectivity index (χ4n) is 2.37. The minimum absolute atomic E-state index is 0.197. The topological polar surface area (TPSA) is 50.7 Å². The summed E-state index contributed by atoms with van der Waals surface area (Å²) in [5, 5.41) is 13.0. The third kappa shape index (κ3) is 7.71. The van der Waals surface area contributed by atoms with Gasteiger partial charge in [-0.25, -0.2) is 0 Å². The highest BCUT2D eigenvalue weighted by Crippen LogP contribution is 2.28. The van der Waals surface area contributed by atoms with Crippen molar-refractivity contribution in [3.05, 3.63) is 0 Å². The van der Waals surface area contributed by atoms with Crippen molar-refractivity contribution < 1.29 is 14.6 Å². The molecule has 0 spiro atoms. The van der Waals surface area contributed by atoms with E-state index in [1.54, 1.807) is 7.11 Å². The van der Waals surface area contributed by atoms with Crippen molar-refractivity contribution in [1.29, 1.82) is 0 Å². The van der Waals surface area contributed by atoms with Gasteiger partial charge in [-0.2, -0.15) is 0 Å². The monoisotopic (exact) mass is 245 g/mol. The number of hydrogen-bond acceptors (Lipinski definition) is 4. The van der Waals surface area contributed by atoms with E-state index in [2.05, 4.69) is 5.32 Å². The van der Waals surface area contributed by atoms with Crippen molar-refractivity contribution in [2.24, 2.45) is 5.92 Å². The molecule has 0 aromatic carbocycles. The minimum Gasteiger partial charge on any atom is -0.392 e. The highest BCUT2D eigenvalue weighted by Gasteiger charge is 2.18. The predicted octanol–water partition coefficient (Wildman–Crippen LogP) is 1.18. The number of aliphatic hydroxyl groups is 1. The van der Waals surface area contributed by atoms with Gasteiger partial charge in [0.25, 0.3) is 0 Å². The van der Waals surface area contributed by atoms with E-state index in [-0.39, 0.29) is 6.10 Å². The lowest BCUT2D eigenvalue weighted by atomic mass is 10.0. The predicted molar refractivity (Wildman–Crippen MR) is 68.1 cm³/mol. The zero-order chi connectivity index (χ0) is 12.3. The third-order valence-corrected chi connectivity index (χ3v) is 3.32. The summed E-state index contributed by atoms with van der Waals surface area (Å²) in [7, 11) is 1.67. The Hall–Kier alpha value is -0.160. The lowest BCUT2D eigenvalue weighted by Crippen LogP contribution is -2.30. The van der Waals surface area contributed by atoms with Gasteiger partial charge in [0.15, 0.2) is 0 Å². The molecule has 1 atom stereocenters. The van der Waals surface area contributed by atoms with E-state index in [0.29, 0.717) is 26.4 Å². The van der Waals surface area contributed by atoms with Gasteiger partial charge in [0.05, 0.1) is 25.9 Å². The average Bonchev–Trinajstić information content (AvgIpc) is 2.80. The first-order valence-corrected chi connectivity index (χ1v) is 6.78. The zero-order valence-electron chi connectivity index (χ0n) is 11.0. The molecule has 1 saturated carbocycles. The van der Waals surface area contributed by atoms with E-state index >= 15 is 0 Å². The van der Waals surface area contributed by atoms with E-state index in [9.17, 15) is 5.11 Å². The SMILES string of the molecule is COCCOCCNCC(O)CC1CCCC1. The van der Waals surface area contributed by atoms with E-state index in [4.69, 9.17) is 9.47 Å². The molecule has 17 heavy (non-hydrogen) atoms. The van der Waals surface area contributed by atoms with Gasteiger partial charge in [0.1, 0.15) is 0 Å². The Bertz CT molecular complexity index is 172. The molecule has 1 unspecified atom stereocenters. The van der Waals surface area contributed by atoms with Crippen LogP contribution in [0.5, 0.6) is 0 Å². The van der Waals surface area contributed by atoms with Crippen LogP contribution in [0.3, 0.4) is 0 Å². The Kier molecular flexibility index (Phi) is 8.61. The summed E-state index contributed by atoms with van der Waals surface area (Å²) in [6.07, 6.45) is 6.06. The Morgan fingerprint density at radius 1 is 1.24 bits per heavy atom. The lowest BCUT2D eigenvalue weighted by molar-refractivity contribution is 0.0696. The Morgan fingerprint density at radius 3 is 2.71 bits per heavy atom. The number of nitrogens with one attached hydrogen (secondary N) is 1. The van der Waals surface area contributed by atoms with Gasteiger partial charge in [-0.3, -0.25) is 0 Å². The standard InChI is InChI=1S/C13H27NO3/c1-16-8-9-17-7-6-14-11-13(15)10-12-4-2-3-5-12/h12-15H,2-11H2,1H3. The van der Waals surface area contributed by atoms with Crippen LogP contribution in [0.2, 0.25) is 0 Å². The highest BCUT2D eigenvalue weighted by atomic mass is 16.5. The van der Waals surface area contributed by atoms with Gasteiger partial charge in [-0.05, 0) is 12.3 Å². The second kappa shape index (κ2) is 9.83. The summed E-state index contributed by atoms with van der Waals surface area (Å²) in [5.74, 6) is 0.754. The summed E-state index contributed by atoms with van der Waals surface area (Å²) in [6.45, 7) is 3.45. The summed E-state index contributed by atoms with van der Waals surface area (Å²) in [4.78, 5) is 0. The second-order valence-electron chi connectivity index (χ2n) is 4.85. The zero-order valence-corrected chi connectivity index (χ0v) is 11.0. The third-order valence-electron chi connectivity index (χ3n) is 3.32. The van der Waals surface area contributed by atoms with Crippen LogP contribution >= 0.6 is 0 Å². The summed E-state index contributed by atoms with van der Waals surface area (Å²) < 4.78 is 10.2. The Labute approximate surface area is 105 Å². The molecule has 0 aromatic rings. The molecule has 0 radical (unpaired) electrons. The molecule has 1 aliphatic rings. The van der Waals surface area contributed by atoms with Gasteiger partial charge >= 0.3 is 0 Å². The molecule has 2 N–H and O–H groups in total. The van der Waals surface area contributed by atoms with Crippen molar-refractivity contribution in [2.45, 2.75) is 38.2 Å². The molecular weight excluding hydrogens is 218 g/mol. The molecule has 4 nitrogen and oxygen atoms in total. The van der Waals surface area contributed by atoms with Gasteiger partial charge in [-0.15, -0.1) is 0 Å². The van der Waals surface area contributed by atoms with E-state index < -0.39 is 0 Å². The van der Waals surface area contributed by atoms with E-state index in [0.717, 1.165) is 18.9 Å². The smallest absolute Gasteiger partial charge is 0.0700 e. The van der Waals surface area contributed by atoms with Crippen molar-refractivity contribution in [1.82, 2.24) is 5.32 Å². The number of aliphatic hydroxyl groups excluding tert-OH is 1. The second-order valence-corrected chi connectivity index (χ2v) is 4.85. The van der Waals surface area contributed by atoms with Crippen LogP contribution in [-0.2, 0) is 9.47 Å². The van der Waals surface area contributed by atoms with Gasteiger partial charge in [0, 0.05) is 20.2 Å². The molecule has 0 bridgehead atoms. The quantitative estimate of drug-likeness (QED) is 0.568. The largest absolute Gasteiger partial charge is 0.392 e. The van der Waals surface area contributed by atoms with Gasteiger partial charge in [0.2, 0.25) is 0 Å². The van der Waals surface area contributed by atoms with Crippen LogP contribution in [0.15, 0.2) is 0 Å². The van der Waals surface area contributed by atoms with Crippen molar-refractivity contribution >= 4 is 0 Å². The Morgan fingerprint density at radius 2 is 2.00 bits per heavy atom. The van der Waals surface area contributed by atoms with Crippen molar-refractivity contribution in [3.8, 4) is 0 Å². The summed E-state index contributed by atoms with van der Waals surface area (Å²) >= 11 is 0. The minimum atomic E-state index is -0.197. The molecule has 0 heterocycles. The number of hydrogen-bond donors (Lipinski definition) is 2. The van der Waals surface area contributed by atoms with E-state index in [1.807, 2.05) is 0 Å². The lowest BCUT2D eigenvalue weighted by Gasteiger charge is -2.15. The summed E-state index contributed by atoms with van der Waals surface area (Å²) in [6, 6.07) is 0. The molecule has 102 valence electrons. The first-order valence-electron chi connectivity index (χ1n) is 6.78. The molecule has 1 fully saturated rings. The maximum Gasteiger partial charge on any atom is 0.0700 e. The van der Waals surface area contributed by atoms with Crippen LogP contribution in [-0.4, -0.2) is 51.2 Å². The van der Waals surface area contributed by atoms with Crippen LogP contribution < -0.4 is 5.32 Å². The molecule has 4 heteroatoms. The molecule has 0 aromatic heterocycles. The van der Waals surface area contributed by atoms with Crippen LogP contribution in [0.1, 0.15) is 32.1 Å². The molecule has 0 aliphatic heterocycles. The van der Waals surface area contributed by atoms with Crippen molar-refractivity contribution in [3.63, 3.8) is 0 Å². The molecule has 1 aliphatic carbocycles. The number of ether oxygens (including phenoxy) is 2. The van der Waals surface area contributed by atoms with Gasteiger partial charge in [-0.1, -0.05) is 25.7 Å².